The maximum Gasteiger partial charge on any atom is 0.435 e. The minimum Gasteiger partial charge on any atom is -0.274 e. The van der Waals surface area contributed by atoms with Crippen LogP contribution in [0.15, 0.2) is 42.5 Å². The minimum atomic E-state index is -4.97. The topological polar surface area (TPSA) is 93.4 Å². The molecule has 1 aromatic heterocycles. The summed E-state index contributed by atoms with van der Waals surface area (Å²) < 4.78 is 40.5. The third kappa shape index (κ3) is 5.32. The van der Waals surface area contributed by atoms with E-state index < -0.39 is 54.9 Å². The molecule has 2 aromatic carbocycles. The summed E-state index contributed by atoms with van der Waals surface area (Å²) in [6.45, 7) is 1.28. The second-order valence-corrected chi connectivity index (χ2v) is 8.64. The van der Waals surface area contributed by atoms with Gasteiger partial charge < -0.3 is 0 Å². The van der Waals surface area contributed by atoms with Crippen molar-refractivity contribution in [3.8, 4) is 0 Å². The quantitative estimate of drug-likeness (QED) is 0.301. The van der Waals surface area contributed by atoms with Crippen LogP contribution in [0.1, 0.15) is 25.9 Å². The Morgan fingerprint density at radius 3 is 2.24 bits per heavy atom. The van der Waals surface area contributed by atoms with Gasteiger partial charge in [0.25, 0.3) is 11.6 Å². The van der Waals surface area contributed by atoms with Crippen LogP contribution in [0, 0.1) is 17.0 Å². The van der Waals surface area contributed by atoms with Gasteiger partial charge in [0.2, 0.25) is 5.91 Å². The number of anilines is 1. The number of nitro groups is 1. The molecule has 0 aliphatic rings. The zero-order valence-electron chi connectivity index (χ0n) is 16.5. The molecule has 0 N–H and O–H groups in total. The van der Waals surface area contributed by atoms with Gasteiger partial charge in [0.1, 0.15) is 4.88 Å². The van der Waals surface area contributed by atoms with Gasteiger partial charge >= 0.3 is 6.18 Å². The van der Waals surface area contributed by atoms with E-state index >= 15 is 0 Å². The summed E-state index contributed by atoms with van der Waals surface area (Å²) in [6.07, 6.45) is -5.34. The van der Waals surface area contributed by atoms with Gasteiger partial charge in [0, 0.05) is 12.1 Å². The van der Waals surface area contributed by atoms with Crippen molar-refractivity contribution in [2.45, 2.75) is 19.5 Å². The molecule has 0 saturated heterocycles. The molecule has 0 saturated carbocycles. The number of hydrogen-bond donors (Lipinski definition) is 0. The molecular weight excluding hydrogens is 506 g/mol. The van der Waals surface area contributed by atoms with Crippen LogP contribution in [-0.4, -0.2) is 21.7 Å². The zero-order valence-corrected chi connectivity index (χ0v) is 18.8. The number of halogens is 5. The Labute approximate surface area is 198 Å². The molecule has 1 heterocycles. The highest BCUT2D eigenvalue weighted by molar-refractivity contribution is 7.14. The highest BCUT2D eigenvalue weighted by Gasteiger charge is 2.42. The number of carbonyl (C=O) groups excluding carboxylic acids is 2. The third-order valence-electron chi connectivity index (χ3n) is 4.28. The lowest BCUT2D eigenvalue weighted by Gasteiger charge is -2.23. The van der Waals surface area contributed by atoms with Crippen molar-refractivity contribution >= 4 is 57.7 Å². The minimum absolute atomic E-state index is 0.0537. The van der Waals surface area contributed by atoms with E-state index in [0.29, 0.717) is 21.8 Å². The summed E-state index contributed by atoms with van der Waals surface area (Å²) in [5.74, 6) is -2.30. The number of aromatic nitrogens is 1. The number of imide groups is 1. The van der Waals surface area contributed by atoms with Gasteiger partial charge in [-0.2, -0.15) is 13.2 Å². The van der Waals surface area contributed by atoms with Crippen LogP contribution < -0.4 is 4.90 Å². The lowest BCUT2D eigenvalue weighted by Crippen LogP contribution is -2.39. The number of aryl methyl sites for hydroxylation is 1. The van der Waals surface area contributed by atoms with E-state index in [9.17, 15) is 32.9 Å². The molecular formula is C20H12Cl2F3N3O4S. The molecule has 172 valence electrons. The molecule has 0 atom stereocenters. The Morgan fingerprint density at radius 1 is 1.15 bits per heavy atom. The van der Waals surface area contributed by atoms with Gasteiger partial charge in [-0.3, -0.25) is 19.7 Å². The van der Waals surface area contributed by atoms with Crippen molar-refractivity contribution in [3.63, 3.8) is 0 Å². The molecule has 0 aliphatic heterocycles. The number of carbonyl (C=O) groups is 2. The smallest absolute Gasteiger partial charge is 0.274 e. The summed E-state index contributed by atoms with van der Waals surface area (Å²) in [5.41, 5.74) is -1.98. The van der Waals surface area contributed by atoms with Crippen molar-refractivity contribution in [1.82, 2.24) is 4.98 Å². The van der Waals surface area contributed by atoms with Crippen molar-refractivity contribution in [3.05, 3.63) is 83.8 Å². The molecule has 0 bridgehead atoms. The summed E-state index contributed by atoms with van der Waals surface area (Å²) in [5, 5.41) is 10.1. The van der Waals surface area contributed by atoms with E-state index in [4.69, 9.17) is 23.2 Å². The third-order valence-corrected chi connectivity index (χ3v) is 5.82. The SMILES string of the molecule is Cc1nc(C(F)(F)F)c(C(=O)N(C(=O)Cc2ccccc2)c2c(Cl)cc([N+](=O)[O-])cc2Cl)s1. The summed E-state index contributed by atoms with van der Waals surface area (Å²) in [4.78, 5) is 39.7. The number of rotatable bonds is 5. The van der Waals surface area contributed by atoms with Crippen LogP contribution in [0.25, 0.3) is 0 Å². The Hall–Kier alpha value is -3.02. The first kappa shape index (κ1) is 24.6. The second-order valence-electron chi connectivity index (χ2n) is 6.62. The summed E-state index contributed by atoms with van der Waals surface area (Å²) in [6, 6.07) is 9.82. The fourth-order valence-electron chi connectivity index (χ4n) is 2.93. The van der Waals surface area contributed by atoms with E-state index in [0.717, 1.165) is 12.1 Å². The van der Waals surface area contributed by atoms with Gasteiger partial charge in [-0.25, -0.2) is 9.88 Å². The highest BCUT2D eigenvalue weighted by Crippen LogP contribution is 2.41. The number of non-ortho nitro benzene ring substituents is 1. The first-order chi connectivity index (χ1) is 15.4. The Kier molecular flexibility index (Phi) is 7.06. The number of amides is 2. The van der Waals surface area contributed by atoms with E-state index in [-0.39, 0.29) is 11.4 Å². The van der Waals surface area contributed by atoms with Crippen molar-refractivity contribution in [2.24, 2.45) is 0 Å². The number of alkyl halides is 3. The molecule has 3 rings (SSSR count). The number of thiazole rings is 1. The number of nitrogens with zero attached hydrogens (tertiary/aromatic N) is 3. The predicted octanol–water partition coefficient (Wildman–Crippen LogP) is 6.10. The van der Waals surface area contributed by atoms with E-state index in [1.54, 1.807) is 30.3 Å². The molecule has 0 unspecified atom stereocenters. The first-order valence-electron chi connectivity index (χ1n) is 8.99. The Bertz CT molecular complexity index is 1230. The van der Waals surface area contributed by atoms with Gasteiger partial charge in [-0.1, -0.05) is 53.5 Å². The standard InChI is InChI=1S/C20H12Cl2F3N3O4S/c1-10-26-18(20(23,24)25)17(33-10)19(30)27(15(29)7-11-5-3-2-4-6-11)16-13(21)8-12(28(31)32)9-14(16)22/h2-6,8-9H,7H2,1H3. The second kappa shape index (κ2) is 9.46. The van der Waals surface area contributed by atoms with Crippen LogP contribution in [0.3, 0.4) is 0 Å². The van der Waals surface area contributed by atoms with Crippen molar-refractivity contribution in [2.75, 3.05) is 4.90 Å². The van der Waals surface area contributed by atoms with E-state index in [2.05, 4.69) is 4.98 Å². The van der Waals surface area contributed by atoms with Crippen LogP contribution in [-0.2, 0) is 17.4 Å². The van der Waals surface area contributed by atoms with E-state index in [1.807, 2.05) is 0 Å². The zero-order chi connectivity index (χ0) is 24.5. The summed E-state index contributed by atoms with van der Waals surface area (Å²) in [7, 11) is 0. The monoisotopic (exact) mass is 517 g/mol. The molecule has 0 spiro atoms. The van der Waals surface area contributed by atoms with E-state index in [1.165, 1.54) is 6.92 Å². The molecule has 0 aliphatic carbocycles. The van der Waals surface area contributed by atoms with Crippen molar-refractivity contribution < 1.29 is 27.7 Å². The normalized spacial score (nSPS) is 11.3. The molecule has 2 amide bonds. The van der Waals surface area contributed by atoms with Crippen LogP contribution in [0.5, 0.6) is 0 Å². The summed E-state index contributed by atoms with van der Waals surface area (Å²) >= 11 is 12.7. The highest BCUT2D eigenvalue weighted by atomic mass is 35.5. The molecule has 33 heavy (non-hydrogen) atoms. The predicted molar refractivity (Wildman–Crippen MR) is 117 cm³/mol. The first-order valence-corrected chi connectivity index (χ1v) is 10.6. The molecule has 7 nitrogen and oxygen atoms in total. The molecule has 13 heteroatoms. The van der Waals surface area contributed by atoms with Gasteiger partial charge in [-0.15, -0.1) is 11.3 Å². The fourth-order valence-corrected chi connectivity index (χ4v) is 4.44. The largest absolute Gasteiger partial charge is 0.435 e. The van der Waals surface area contributed by atoms with Gasteiger partial charge in [-0.05, 0) is 12.5 Å². The maximum absolute atomic E-state index is 13.5. The Morgan fingerprint density at radius 2 is 1.73 bits per heavy atom. The number of benzene rings is 2. The average molecular weight is 518 g/mol. The van der Waals surface area contributed by atoms with Crippen LogP contribution >= 0.6 is 34.5 Å². The lowest BCUT2D eigenvalue weighted by atomic mass is 10.1. The molecule has 0 fully saturated rings. The maximum atomic E-state index is 13.5. The van der Waals surface area contributed by atoms with Crippen molar-refractivity contribution in [1.29, 1.82) is 0 Å². The van der Waals surface area contributed by atoms with Crippen LogP contribution in [0.2, 0.25) is 10.0 Å². The van der Waals surface area contributed by atoms with Crippen LogP contribution in [0.4, 0.5) is 24.5 Å². The van der Waals surface area contributed by atoms with Gasteiger partial charge in [0.15, 0.2) is 5.69 Å². The number of hydrogen-bond acceptors (Lipinski definition) is 6. The number of nitro benzene ring substituents is 1. The average Bonchev–Trinajstić information content (AvgIpc) is 3.13. The molecule has 0 radical (unpaired) electrons. The Balaban J connectivity index is 2.18. The van der Waals surface area contributed by atoms with Gasteiger partial charge in [0.05, 0.1) is 32.1 Å². The molecule has 3 aromatic rings. The fraction of sp³-hybridized carbons (Fsp3) is 0.150. The lowest BCUT2D eigenvalue weighted by molar-refractivity contribution is -0.384.